The number of benzene rings is 1. The van der Waals surface area contributed by atoms with E-state index in [2.05, 4.69) is 55.3 Å². The molecule has 0 fully saturated rings. The minimum Gasteiger partial charge on any atom is -0.313 e. The summed E-state index contributed by atoms with van der Waals surface area (Å²) < 4.78 is 0. The molecule has 2 nitrogen and oxygen atoms in total. The van der Waals surface area contributed by atoms with Gasteiger partial charge >= 0.3 is 0 Å². The number of nitrogens with one attached hydrogen (secondary N) is 1. The van der Waals surface area contributed by atoms with Crippen LogP contribution in [0.1, 0.15) is 51.2 Å². The molecule has 2 atom stereocenters. The molecule has 1 aliphatic rings. The monoisotopic (exact) mass is 274 g/mol. The van der Waals surface area contributed by atoms with Crippen molar-refractivity contribution in [1.82, 2.24) is 10.2 Å². The van der Waals surface area contributed by atoms with E-state index in [9.17, 15) is 0 Å². The first-order valence-corrected chi connectivity index (χ1v) is 8.25. The fourth-order valence-corrected chi connectivity index (χ4v) is 3.14. The molecule has 1 aromatic carbocycles. The van der Waals surface area contributed by atoms with Gasteiger partial charge in [0.1, 0.15) is 0 Å². The summed E-state index contributed by atoms with van der Waals surface area (Å²) >= 11 is 0. The van der Waals surface area contributed by atoms with Crippen LogP contribution in [0.2, 0.25) is 0 Å². The SMILES string of the molecule is CCCC(C)NCC(C)N1CCCc2ccccc2C1. The lowest BCUT2D eigenvalue weighted by Gasteiger charge is -2.29. The molecule has 1 aliphatic heterocycles. The van der Waals surface area contributed by atoms with Crippen LogP contribution < -0.4 is 5.32 Å². The number of hydrogen-bond donors (Lipinski definition) is 1. The summed E-state index contributed by atoms with van der Waals surface area (Å²) in [6.07, 6.45) is 5.06. The van der Waals surface area contributed by atoms with Crippen LogP contribution >= 0.6 is 0 Å². The van der Waals surface area contributed by atoms with Crippen molar-refractivity contribution in [3.05, 3.63) is 35.4 Å². The molecule has 0 spiro atoms. The van der Waals surface area contributed by atoms with Crippen molar-refractivity contribution in [1.29, 1.82) is 0 Å². The lowest BCUT2D eigenvalue weighted by molar-refractivity contribution is 0.194. The van der Waals surface area contributed by atoms with Crippen LogP contribution in [0, 0.1) is 0 Å². The number of nitrogens with zero attached hydrogens (tertiary/aromatic N) is 1. The molecular formula is C18H30N2. The standard InChI is InChI=1S/C18H30N2/c1-4-8-15(2)19-13-16(3)20-12-7-11-17-9-5-6-10-18(17)14-20/h5-6,9-10,15-16,19H,4,7-8,11-14H2,1-3H3. The molecule has 0 aromatic heterocycles. The molecule has 2 rings (SSSR count). The van der Waals surface area contributed by atoms with Gasteiger partial charge in [0.05, 0.1) is 0 Å². The normalized spacial score (nSPS) is 19.1. The van der Waals surface area contributed by atoms with Gasteiger partial charge in [-0.3, -0.25) is 4.90 Å². The summed E-state index contributed by atoms with van der Waals surface area (Å²) in [5, 5.41) is 3.68. The topological polar surface area (TPSA) is 15.3 Å². The minimum atomic E-state index is 0.612. The summed E-state index contributed by atoms with van der Waals surface area (Å²) in [6, 6.07) is 10.2. The second-order valence-corrected chi connectivity index (χ2v) is 6.29. The summed E-state index contributed by atoms with van der Waals surface area (Å²) in [7, 11) is 0. The second-order valence-electron chi connectivity index (χ2n) is 6.29. The van der Waals surface area contributed by atoms with Gasteiger partial charge in [-0.1, -0.05) is 37.6 Å². The van der Waals surface area contributed by atoms with Gasteiger partial charge in [-0.25, -0.2) is 0 Å². The molecule has 0 saturated heterocycles. The summed E-state index contributed by atoms with van der Waals surface area (Å²) in [5.41, 5.74) is 3.08. The maximum atomic E-state index is 3.68. The van der Waals surface area contributed by atoms with E-state index in [1.165, 1.54) is 37.8 Å². The van der Waals surface area contributed by atoms with E-state index in [0.29, 0.717) is 12.1 Å². The van der Waals surface area contributed by atoms with Gasteiger partial charge in [0, 0.05) is 25.2 Å². The van der Waals surface area contributed by atoms with Crippen LogP contribution in [-0.4, -0.2) is 30.1 Å². The van der Waals surface area contributed by atoms with Crippen LogP contribution in [0.25, 0.3) is 0 Å². The van der Waals surface area contributed by atoms with Crippen molar-refractivity contribution in [3.63, 3.8) is 0 Å². The molecule has 0 aliphatic carbocycles. The lowest BCUT2D eigenvalue weighted by Crippen LogP contribution is -2.42. The number of fused-ring (bicyclic) bond motifs is 1. The second kappa shape index (κ2) is 7.80. The fraction of sp³-hybridized carbons (Fsp3) is 0.667. The summed E-state index contributed by atoms with van der Waals surface area (Å²) in [6.45, 7) is 10.4. The largest absolute Gasteiger partial charge is 0.313 e. The van der Waals surface area contributed by atoms with Crippen LogP contribution in [0.5, 0.6) is 0 Å². The van der Waals surface area contributed by atoms with Crippen LogP contribution in [-0.2, 0) is 13.0 Å². The molecule has 112 valence electrons. The average Bonchev–Trinajstić information content (AvgIpc) is 2.67. The third-order valence-corrected chi connectivity index (χ3v) is 4.49. The number of aryl methyl sites for hydroxylation is 1. The lowest BCUT2D eigenvalue weighted by atomic mass is 10.0. The molecule has 1 N–H and O–H groups in total. The van der Waals surface area contributed by atoms with E-state index in [4.69, 9.17) is 0 Å². The predicted octanol–water partition coefficient (Wildman–Crippen LogP) is 3.60. The van der Waals surface area contributed by atoms with Gasteiger partial charge in [0.25, 0.3) is 0 Å². The highest BCUT2D eigenvalue weighted by molar-refractivity contribution is 5.28. The van der Waals surface area contributed by atoms with Gasteiger partial charge < -0.3 is 5.32 Å². The third-order valence-electron chi connectivity index (χ3n) is 4.49. The molecule has 2 heteroatoms. The first kappa shape index (κ1) is 15.5. The van der Waals surface area contributed by atoms with Crippen molar-refractivity contribution < 1.29 is 0 Å². The molecular weight excluding hydrogens is 244 g/mol. The van der Waals surface area contributed by atoms with E-state index in [1.54, 1.807) is 5.56 Å². The Morgan fingerprint density at radius 3 is 2.70 bits per heavy atom. The Hall–Kier alpha value is -0.860. The van der Waals surface area contributed by atoms with Crippen molar-refractivity contribution in [2.75, 3.05) is 13.1 Å². The Bertz CT molecular complexity index is 402. The van der Waals surface area contributed by atoms with Crippen LogP contribution in [0.15, 0.2) is 24.3 Å². The summed E-state index contributed by atoms with van der Waals surface area (Å²) in [4.78, 5) is 2.64. The zero-order valence-electron chi connectivity index (χ0n) is 13.4. The highest BCUT2D eigenvalue weighted by atomic mass is 15.2. The Balaban J connectivity index is 1.89. The van der Waals surface area contributed by atoms with Crippen molar-refractivity contribution >= 4 is 0 Å². The Labute approximate surface area is 124 Å². The summed E-state index contributed by atoms with van der Waals surface area (Å²) in [5.74, 6) is 0. The Morgan fingerprint density at radius 1 is 1.20 bits per heavy atom. The molecule has 0 radical (unpaired) electrons. The molecule has 2 unspecified atom stereocenters. The molecule has 0 saturated carbocycles. The first-order valence-electron chi connectivity index (χ1n) is 8.25. The molecule has 1 aromatic rings. The van der Waals surface area contributed by atoms with Gasteiger partial charge in [-0.15, -0.1) is 0 Å². The molecule has 1 heterocycles. The highest BCUT2D eigenvalue weighted by Gasteiger charge is 2.18. The van der Waals surface area contributed by atoms with E-state index >= 15 is 0 Å². The third kappa shape index (κ3) is 4.32. The molecule has 0 amide bonds. The maximum Gasteiger partial charge on any atom is 0.0239 e. The van der Waals surface area contributed by atoms with Crippen LogP contribution in [0.3, 0.4) is 0 Å². The van der Waals surface area contributed by atoms with Gasteiger partial charge in [0.2, 0.25) is 0 Å². The van der Waals surface area contributed by atoms with Crippen LogP contribution in [0.4, 0.5) is 0 Å². The van der Waals surface area contributed by atoms with E-state index < -0.39 is 0 Å². The fourth-order valence-electron chi connectivity index (χ4n) is 3.14. The zero-order chi connectivity index (χ0) is 14.4. The quantitative estimate of drug-likeness (QED) is 0.852. The Morgan fingerprint density at radius 2 is 1.95 bits per heavy atom. The number of rotatable bonds is 6. The highest BCUT2D eigenvalue weighted by Crippen LogP contribution is 2.19. The van der Waals surface area contributed by atoms with E-state index in [-0.39, 0.29) is 0 Å². The average molecular weight is 274 g/mol. The van der Waals surface area contributed by atoms with E-state index in [1.807, 2.05) is 0 Å². The van der Waals surface area contributed by atoms with Crippen molar-refractivity contribution in [2.45, 2.75) is 65.1 Å². The van der Waals surface area contributed by atoms with Gasteiger partial charge in [0.15, 0.2) is 0 Å². The predicted molar refractivity (Wildman–Crippen MR) is 87.0 cm³/mol. The smallest absolute Gasteiger partial charge is 0.0239 e. The van der Waals surface area contributed by atoms with Crippen molar-refractivity contribution in [3.8, 4) is 0 Å². The van der Waals surface area contributed by atoms with Crippen molar-refractivity contribution in [2.24, 2.45) is 0 Å². The molecule has 20 heavy (non-hydrogen) atoms. The molecule has 0 bridgehead atoms. The maximum absolute atomic E-state index is 3.68. The van der Waals surface area contributed by atoms with Gasteiger partial charge in [-0.05, 0) is 50.8 Å². The zero-order valence-corrected chi connectivity index (χ0v) is 13.4. The number of hydrogen-bond acceptors (Lipinski definition) is 2. The van der Waals surface area contributed by atoms with Gasteiger partial charge in [-0.2, -0.15) is 0 Å². The van der Waals surface area contributed by atoms with E-state index in [0.717, 1.165) is 13.1 Å². The minimum absolute atomic E-state index is 0.612. The first-order chi connectivity index (χ1) is 9.70. The Kier molecular flexibility index (Phi) is 6.06.